The lowest BCUT2D eigenvalue weighted by atomic mass is 10.3. The molecule has 0 aliphatic carbocycles. The Balaban J connectivity index is 2.37. The summed E-state index contributed by atoms with van der Waals surface area (Å²) in [6, 6.07) is 5.80. The molecule has 21 heavy (non-hydrogen) atoms. The number of anilines is 1. The predicted octanol–water partition coefficient (Wildman–Crippen LogP) is 2.45. The zero-order chi connectivity index (χ0) is 15.6. The second-order valence-electron chi connectivity index (χ2n) is 4.51. The smallest absolute Gasteiger partial charge is 0.263 e. The summed E-state index contributed by atoms with van der Waals surface area (Å²) < 4.78 is 42.7. The molecule has 0 aliphatic heterocycles. The lowest BCUT2D eigenvalue weighted by Gasteiger charge is -2.09. The van der Waals surface area contributed by atoms with Gasteiger partial charge in [-0.05, 0) is 41.2 Å². The number of aryl methyl sites for hydroxylation is 1. The van der Waals surface area contributed by atoms with E-state index in [1.807, 2.05) is 0 Å². The molecule has 2 N–H and O–H groups in total. The fourth-order valence-electron chi connectivity index (χ4n) is 1.87. The molecule has 8 heteroatoms. The third-order valence-electron chi connectivity index (χ3n) is 2.95. The third kappa shape index (κ3) is 3.45. The highest BCUT2D eigenvalue weighted by atomic mass is 79.9. The van der Waals surface area contributed by atoms with E-state index in [9.17, 15) is 12.8 Å². The monoisotopic (exact) mass is 375 g/mol. The maximum absolute atomic E-state index is 13.7. The number of halogens is 2. The maximum Gasteiger partial charge on any atom is 0.263 e. The highest BCUT2D eigenvalue weighted by Gasteiger charge is 2.20. The minimum Gasteiger partial charge on any atom is -0.352 e. The summed E-state index contributed by atoms with van der Waals surface area (Å²) in [7, 11) is -0.319. The van der Waals surface area contributed by atoms with Gasteiger partial charge in [-0.2, -0.15) is 0 Å². The van der Waals surface area contributed by atoms with Crippen molar-refractivity contribution in [3.8, 4) is 0 Å². The number of nitrogens with zero attached hydrogens (tertiary/aromatic N) is 1. The average molecular weight is 376 g/mol. The molecule has 0 unspecified atom stereocenters. The van der Waals surface area contributed by atoms with Crippen LogP contribution in [0, 0.1) is 5.82 Å². The highest BCUT2D eigenvalue weighted by Crippen LogP contribution is 2.28. The first-order chi connectivity index (χ1) is 9.85. The lowest BCUT2D eigenvalue weighted by Crippen LogP contribution is -2.14. The first kappa shape index (κ1) is 16.0. The van der Waals surface area contributed by atoms with Gasteiger partial charge in [-0.25, -0.2) is 12.8 Å². The van der Waals surface area contributed by atoms with E-state index >= 15 is 0 Å². The van der Waals surface area contributed by atoms with E-state index in [0.717, 1.165) is 5.69 Å². The SMILES string of the molecule is CNCc1cc(S(=O)(=O)Nc2c(F)cccc2Br)cn1C. The molecule has 0 amide bonds. The van der Waals surface area contributed by atoms with Crippen molar-refractivity contribution in [2.24, 2.45) is 7.05 Å². The Morgan fingerprint density at radius 1 is 1.38 bits per heavy atom. The first-order valence-corrected chi connectivity index (χ1v) is 8.39. The van der Waals surface area contributed by atoms with Crippen LogP contribution >= 0.6 is 15.9 Å². The van der Waals surface area contributed by atoms with E-state index in [1.54, 1.807) is 30.8 Å². The van der Waals surface area contributed by atoms with Crippen molar-refractivity contribution in [3.05, 3.63) is 46.4 Å². The topological polar surface area (TPSA) is 63.1 Å². The second-order valence-corrected chi connectivity index (χ2v) is 7.05. The standard InChI is InChI=1S/C13H15BrFN3O2S/c1-16-7-9-6-10(8-18(9)2)21(19,20)17-13-11(14)4-3-5-12(13)15/h3-6,8,16-17H,7H2,1-2H3. The molecule has 0 bridgehead atoms. The van der Waals surface area contributed by atoms with Crippen molar-refractivity contribution in [3.63, 3.8) is 0 Å². The van der Waals surface area contributed by atoms with Crippen molar-refractivity contribution in [2.75, 3.05) is 11.8 Å². The maximum atomic E-state index is 13.7. The molecule has 0 spiro atoms. The molecular weight excluding hydrogens is 361 g/mol. The van der Waals surface area contributed by atoms with Crippen molar-refractivity contribution in [1.82, 2.24) is 9.88 Å². The van der Waals surface area contributed by atoms with Crippen LogP contribution in [0.5, 0.6) is 0 Å². The summed E-state index contributed by atoms with van der Waals surface area (Å²) in [6.07, 6.45) is 1.49. The summed E-state index contributed by atoms with van der Waals surface area (Å²) in [6.45, 7) is 0.537. The van der Waals surface area contributed by atoms with Crippen molar-refractivity contribution in [1.29, 1.82) is 0 Å². The van der Waals surface area contributed by atoms with Gasteiger partial charge < -0.3 is 9.88 Å². The molecule has 0 atom stereocenters. The van der Waals surface area contributed by atoms with Crippen LogP contribution in [0.15, 0.2) is 39.8 Å². The molecule has 2 rings (SSSR count). The van der Waals surface area contributed by atoms with Gasteiger partial charge in [0.05, 0.1) is 5.69 Å². The van der Waals surface area contributed by atoms with Gasteiger partial charge >= 0.3 is 0 Å². The van der Waals surface area contributed by atoms with Crippen LogP contribution in [-0.4, -0.2) is 20.0 Å². The highest BCUT2D eigenvalue weighted by molar-refractivity contribution is 9.10. The van der Waals surface area contributed by atoms with E-state index < -0.39 is 15.8 Å². The van der Waals surface area contributed by atoms with Gasteiger partial charge in [-0.3, -0.25) is 4.72 Å². The van der Waals surface area contributed by atoms with Gasteiger partial charge in [0.1, 0.15) is 10.7 Å². The van der Waals surface area contributed by atoms with Gasteiger partial charge in [0.25, 0.3) is 10.0 Å². The molecular formula is C13H15BrFN3O2S. The van der Waals surface area contributed by atoms with E-state index in [2.05, 4.69) is 26.0 Å². The van der Waals surface area contributed by atoms with Gasteiger partial charge in [-0.15, -0.1) is 0 Å². The number of rotatable bonds is 5. The van der Waals surface area contributed by atoms with E-state index in [-0.39, 0.29) is 10.6 Å². The van der Waals surface area contributed by atoms with Crippen LogP contribution in [0.3, 0.4) is 0 Å². The number of sulfonamides is 1. The summed E-state index contributed by atoms with van der Waals surface area (Å²) in [5, 5.41) is 2.95. The molecule has 1 aromatic carbocycles. The van der Waals surface area contributed by atoms with Crippen molar-refractivity contribution >= 4 is 31.6 Å². The van der Waals surface area contributed by atoms with Crippen LogP contribution in [0.2, 0.25) is 0 Å². The molecule has 2 aromatic rings. The minimum atomic E-state index is -3.85. The Labute approximate surface area is 131 Å². The second kappa shape index (κ2) is 6.17. The lowest BCUT2D eigenvalue weighted by molar-refractivity contribution is 0.598. The Morgan fingerprint density at radius 3 is 2.71 bits per heavy atom. The molecule has 1 aromatic heterocycles. The molecule has 0 fully saturated rings. The zero-order valence-corrected chi connectivity index (χ0v) is 13.9. The zero-order valence-electron chi connectivity index (χ0n) is 11.5. The first-order valence-electron chi connectivity index (χ1n) is 6.12. The van der Waals surface area contributed by atoms with Crippen LogP contribution in [0.4, 0.5) is 10.1 Å². The van der Waals surface area contributed by atoms with Gasteiger partial charge in [0, 0.05) is 30.0 Å². The number of hydrogen-bond donors (Lipinski definition) is 2. The quantitative estimate of drug-likeness (QED) is 0.843. The largest absolute Gasteiger partial charge is 0.352 e. The van der Waals surface area contributed by atoms with Crippen molar-refractivity contribution < 1.29 is 12.8 Å². The summed E-state index contributed by atoms with van der Waals surface area (Å²) >= 11 is 3.13. The minimum absolute atomic E-state index is 0.0883. The molecule has 114 valence electrons. The van der Waals surface area contributed by atoms with Crippen molar-refractivity contribution in [2.45, 2.75) is 11.4 Å². The molecule has 0 saturated carbocycles. The number of para-hydroxylation sites is 1. The number of nitrogens with one attached hydrogen (secondary N) is 2. The number of hydrogen-bond acceptors (Lipinski definition) is 3. The van der Waals surface area contributed by atoms with Crippen LogP contribution in [-0.2, 0) is 23.6 Å². The Hall–Kier alpha value is -1.38. The van der Waals surface area contributed by atoms with Gasteiger partial charge in [0.15, 0.2) is 0 Å². The Kier molecular flexibility index (Phi) is 4.70. The van der Waals surface area contributed by atoms with E-state index in [0.29, 0.717) is 11.0 Å². The fourth-order valence-corrected chi connectivity index (χ4v) is 3.62. The molecule has 1 heterocycles. The normalized spacial score (nSPS) is 11.6. The fraction of sp³-hybridized carbons (Fsp3) is 0.231. The third-order valence-corrected chi connectivity index (χ3v) is 4.93. The number of benzene rings is 1. The summed E-state index contributed by atoms with van der Waals surface area (Å²) in [4.78, 5) is 0.0883. The molecule has 5 nitrogen and oxygen atoms in total. The van der Waals surface area contributed by atoms with E-state index in [4.69, 9.17) is 0 Å². The predicted molar refractivity (Wildman–Crippen MR) is 83.1 cm³/mol. The summed E-state index contributed by atoms with van der Waals surface area (Å²) in [5.41, 5.74) is 0.710. The molecule has 0 saturated heterocycles. The Bertz CT molecular complexity index is 739. The molecule has 0 aliphatic rings. The average Bonchev–Trinajstić information content (AvgIpc) is 2.77. The van der Waals surface area contributed by atoms with Gasteiger partial charge in [-0.1, -0.05) is 6.07 Å². The number of aromatic nitrogens is 1. The van der Waals surface area contributed by atoms with Gasteiger partial charge in [0.2, 0.25) is 0 Å². The summed E-state index contributed by atoms with van der Waals surface area (Å²) in [5.74, 6) is -0.640. The van der Waals surface area contributed by atoms with Crippen LogP contribution in [0.1, 0.15) is 5.69 Å². The van der Waals surface area contributed by atoms with E-state index in [1.165, 1.54) is 18.3 Å². The Morgan fingerprint density at radius 2 is 2.10 bits per heavy atom. The van der Waals surface area contributed by atoms with Crippen LogP contribution in [0.25, 0.3) is 0 Å². The van der Waals surface area contributed by atoms with Crippen LogP contribution < -0.4 is 10.0 Å². The molecule has 0 radical (unpaired) electrons.